The maximum atomic E-state index is 4.38. The summed E-state index contributed by atoms with van der Waals surface area (Å²) in [5.41, 5.74) is 2.75. The van der Waals surface area contributed by atoms with Crippen LogP contribution >= 0.6 is 24.0 Å². The first-order valence-electron chi connectivity index (χ1n) is 9.83. The third-order valence-electron chi connectivity index (χ3n) is 5.11. The highest BCUT2D eigenvalue weighted by Gasteiger charge is 2.27. The van der Waals surface area contributed by atoms with Gasteiger partial charge in [0, 0.05) is 32.2 Å². The highest BCUT2D eigenvalue weighted by Crippen LogP contribution is 2.19. The van der Waals surface area contributed by atoms with E-state index in [4.69, 9.17) is 0 Å². The minimum atomic E-state index is 0. The molecule has 27 heavy (non-hydrogen) atoms. The van der Waals surface area contributed by atoms with Crippen molar-refractivity contribution in [3.05, 3.63) is 35.4 Å². The number of nitrogens with one attached hydrogen (secondary N) is 2. The summed E-state index contributed by atoms with van der Waals surface area (Å²) in [4.78, 5) is 9.16. The van der Waals surface area contributed by atoms with Crippen molar-refractivity contribution in [3.8, 4) is 0 Å². The summed E-state index contributed by atoms with van der Waals surface area (Å²) in [6.45, 7) is 9.72. The van der Waals surface area contributed by atoms with Crippen molar-refractivity contribution >= 4 is 29.9 Å². The molecule has 0 atom stereocenters. The maximum absolute atomic E-state index is 4.38. The second kappa shape index (κ2) is 11.9. The van der Waals surface area contributed by atoms with Gasteiger partial charge in [-0.15, -0.1) is 24.0 Å². The molecule has 0 saturated carbocycles. The first kappa shape index (κ1) is 24.2. The average Bonchev–Trinajstić information content (AvgIpc) is 2.63. The summed E-state index contributed by atoms with van der Waals surface area (Å²) >= 11 is 0. The van der Waals surface area contributed by atoms with Gasteiger partial charge in [-0.1, -0.05) is 30.7 Å². The number of likely N-dealkylation sites (tertiary alicyclic amines) is 1. The predicted octanol–water partition coefficient (Wildman–Crippen LogP) is 3.30. The molecule has 0 aromatic heterocycles. The van der Waals surface area contributed by atoms with Gasteiger partial charge in [0.15, 0.2) is 5.96 Å². The molecular weight excluding hydrogens is 449 g/mol. The van der Waals surface area contributed by atoms with Crippen LogP contribution in [0.4, 0.5) is 0 Å². The number of guanidine groups is 1. The van der Waals surface area contributed by atoms with Gasteiger partial charge in [0.25, 0.3) is 0 Å². The number of halogens is 1. The van der Waals surface area contributed by atoms with Crippen LogP contribution in [0, 0.1) is 0 Å². The van der Waals surface area contributed by atoms with Crippen LogP contribution in [0.2, 0.25) is 0 Å². The smallest absolute Gasteiger partial charge is 0.191 e. The van der Waals surface area contributed by atoms with E-state index < -0.39 is 0 Å². The van der Waals surface area contributed by atoms with Crippen LogP contribution in [0.1, 0.15) is 44.2 Å². The summed E-state index contributed by atoms with van der Waals surface area (Å²) in [7, 11) is 6.02. The van der Waals surface area contributed by atoms with Crippen molar-refractivity contribution < 1.29 is 0 Å². The molecule has 0 spiro atoms. The van der Waals surface area contributed by atoms with Gasteiger partial charge >= 0.3 is 0 Å². The molecule has 0 amide bonds. The summed E-state index contributed by atoms with van der Waals surface area (Å²) in [6.07, 6.45) is 4.01. The summed E-state index contributed by atoms with van der Waals surface area (Å²) in [6, 6.07) is 8.78. The summed E-state index contributed by atoms with van der Waals surface area (Å²) < 4.78 is 0. The minimum Gasteiger partial charge on any atom is -0.355 e. The number of rotatable bonds is 7. The second-order valence-corrected chi connectivity index (χ2v) is 8.19. The molecule has 2 N–H and O–H groups in total. The molecule has 1 aliphatic rings. The third-order valence-corrected chi connectivity index (χ3v) is 5.11. The van der Waals surface area contributed by atoms with Gasteiger partial charge in [-0.25, -0.2) is 0 Å². The predicted molar refractivity (Wildman–Crippen MR) is 127 cm³/mol. The van der Waals surface area contributed by atoms with Crippen LogP contribution in [-0.2, 0) is 13.1 Å². The van der Waals surface area contributed by atoms with E-state index in [0.717, 1.165) is 25.6 Å². The van der Waals surface area contributed by atoms with Crippen LogP contribution in [0.15, 0.2) is 29.3 Å². The van der Waals surface area contributed by atoms with E-state index in [1.807, 2.05) is 7.05 Å². The fourth-order valence-electron chi connectivity index (χ4n) is 3.45. The molecule has 0 bridgehead atoms. The maximum Gasteiger partial charge on any atom is 0.191 e. The normalized spacial score (nSPS) is 16.1. The van der Waals surface area contributed by atoms with Crippen molar-refractivity contribution in [1.82, 2.24) is 20.4 Å². The van der Waals surface area contributed by atoms with Crippen molar-refractivity contribution in [3.63, 3.8) is 0 Å². The lowest BCUT2D eigenvalue weighted by Crippen LogP contribution is -2.54. The lowest BCUT2D eigenvalue weighted by Gasteiger charge is -2.41. The minimum absolute atomic E-state index is 0. The number of hydrogen-bond donors (Lipinski definition) is 2. The summed E-state index contributed by atoms with van der Waals surface area (Å²) in [5, 5.41) is 6.94. The number of piperidine rings is 1. The first-order chi connectivity index (χ1) is 12.4. The molecular formula is C21H38IN5. The first-order valence-corrected chi connectivity index (χ1v) is 9.83. The van der Waals surface area contributed by atoms with Gasteiger partial charge in [-0.05, 0) is 65.0 Å². The van der Waals surface area contributed by atoms with E-state index in [1.54, 1.807) is 0 Å². The van der Waals surface area contributed by atoms with Crippen molar-refractivity contribution in [2.24, 2.45) is 4.99 Å². The van der Waals surface area contributed by atoms with Gasteiger partial charge < -0.3 is 15.5 Å². The van der Waals surface area contributed by atoms with Gasteiger partial charge in [-0.2, -0.15) is 0 Å². The Balaban J connectivity index is 0.00000364. The van der Waals surface area contributed by atoms with Gasteiger partial charge in [0.2, 0.25) is 0 Å². The Morgan fingerprint density at radius 1 is 1.04 bits per heavy atom. The molecule has 1 aliphatic heterocycles. The molecule has 6 heteroatoms. The Morgan fingerprint density at radius 3 is 2.19 bits per heavy atom. The number of benzene rings is 1. The number of hydrogen-bond acceptors (Lipinski definition) is 3. The number of aliphatic imine (C=N–C) groups is 1. The standard InChI is InChI=1S/C21H37N5.HI/c1-21(2,26-13-7-6-8-14-26)17-24-20(22-3)23-15-18-9-11-19(12-10-18)16-25(4)5;/h9-12H,6-8,13-17H2,1-5H3,(H2,22,23,24);1H. The highest BCUT2D eigenvalue weighted by molar-refractivity contribution is 14.0. The van der Waals surface area contributed by atoms with Crippen molar-refractivity contribution in [2.75, 3.05) is 40.8 Å². The summed E-state index contributed by atoms with van der Waals surface area (Å²) in [5.74, 6) is 0.868. The van der Waals surface area contributed by atoms with Crippen LogP contribution in [0.25, 0.3) is 0 Å². The fraction of sp³-hybridized carbons (Fsp3) is 0.667. The Labute approximate surface area is 183 Å². The average molecular weight is 487 g/mol. The van der Waals surface area contributed by atoms with E-state index in [0.29, 0.717) is 0 Å². The van der Waals surface area contributed by atoms with Crippen LogP contribution in [-0.4, -0.2) is 62.1 Å². The van der Waals surface area contributed by atoms with Crippen LogP contribution in [0.5, 0.6) is 0 Å². The second-order valence-electron chi connectivity index (χ2n) is 8.19. The molecule has 2 rings (SSSR count). The van der Waals surface area contributed by atoms with E-state index >= 15 is 0 Å². The topological polar surface area (TPSA) is 42.9 Å². The molecule has 1 heterocycles. The molecule has 0 aliphatic carbocycles. The fourth-order valence-corrected chi connectivity index (χ4v) is 3.45. The van der Waals surface area contributed by atoms with E-state index in [9.17, 15) is 0 Å². The van der Waals surface area contributed by atoms with Crippen molar-refractivity contribution in [2.45, 2.75) is 51.7 Å². The quantitative estimate of drug-likeness (QED) is 0.352. The Morgan fingerprint density at radius 2 is 1.63 bits per heavy atom. The van der Waals surface area contributed by atoms with E-state index in [-0.39, 0.29) is 29.5 Å². The molecule has 0 radical (unpaired) electrons. The van der Waals surface area contributed by atoms with Gasteiger partial charge in [0.05, 0.1) is 0 Å². The van der Waals surface area contributed by atoms with Crippen LogP contribution < -0.4 is 10.6 Å². The molecule has 154 valence electrons. The third kappa shape index (κ3) is 8.35. The van der Waals surface area contributed by atoms with E-state index in [2.05, 4.69) is 77.6 Å². The largest absolute Gasteiger partial charge is 0.355 e. The van der Waals surface area contributed by atoms with Gasteiger partial charge in [-0.3, -0.25) is 9.89 Å². The number of nitrogens with zero attached hydrogens (tertiary/aromatic N) is 3. The molecule has 1 fully saturated rings. The zero-order chi connectivity index (χ0) is 19.0. The van der Waals surface area contributed by atoms with Crippen molar-refractivity contribution in [1.29, 1.82) is 0 Å². The molecule has 0 unspecified atom stereocenters. The SMILES string of the molecule is CN=C(NCc1ccc(CN(C)C)cc1)NCC(C)(C)N1CCCCC1.I. The Hall–Kier alpha value is -0.860. The Bertz CT molecular complexity index is 562. The lowest BCUT2D eigenvalue weighted by atomic mass is 9.98. The van der Waals surface area contributed by atoms with E-state index in [1.165, 1.54) is 43.5 Å². The molecule has 1 aromatic rings. The molecule has 5 nitrogen and oxygen atoms in total. The zero-order valence-electron chi connectivity index (χ0n) is 17.7. The molecule has 1 aromatic carbocycles. The zero-order valence-corrected chi connectivity index (χ0v) is 20.0. The van der Waals surface area contributed by atoms with Gasteiger partial charge in [0.1, 0.15) is 0 Å². The highest BCUT2D eigenvalue weighted by atomic mass is 127. The molecule has 1 saturated heterocycles. The lowest BCUT2D eigenvalue weighted by molar-refractivity contribution is 0.0982. The Kier molecular flexibility index (Phi) is 10.6. The van der Waals surface area contributed by atoms with Crippen LogP contribution in [0.3, 0.4) is 0 Å². The monoisotopic (exact) mass is 487 g/mol.